The van der Waals surface area contributed by atoms with E-state index in [0.29, 0.717) is 0 Å². The van der Waals surface area contributed by atoms with Gasteiger partial charge in [0.1, 0.15) is 6.54 Å². The van der Waals surface area contributed by atoms with Gasteiger partial charge in [-0.05, 0) is 52.0 Å². The van der Waals surface area contributed by atoms with Gasteiger partial charge in [0, 0.05) is 38.8 Å². The zero-order chi connectivity index (χ0) is 17.9. The lowest BCUT2D eigenvalue weighted by Crippen LogP contribution is -2.46. The van der Waals surface area contributed by atoms with Gasteiger partial charge in [-0.1, -0.05) is 13.3 Å². The number of guanidine groups is 1. The van der Waals surface area contributed by atoms with Crippen LogP contribution < -0.4 is 10.6 Å². The maximum absolute atomic E-state index is 12.3. The number of likely N-dealkylation sites (tertiary alicyclic amines) is 2. The number of aliphatic imine (C=N–C) groups is 1. The number of carbonyl (C=O) groups is 1. The van der Waals surface area contributed by atoms with E-state index in [-0.39, 0.29) is 36.4 Å². The molecule has 2 aliphatic rings. The summed E-state index contributed by atoms with van der Waals surface area (Å²) in [5, 5.41) is 6.65. The number of hydrogen-bond donors (Lipinski definition) is 2. The first kappa shape index (κ1) is 23.5. The number of halogens is 1. The first-order valence-corrected chi connectivity index (χ1v) is 10.3. The minimum absolute atomic E-state index is 0. The van der Waals surface area contributed by atoms with E-state index in [1.165, 1.54) is 38.6 Å². The van der Waals surface area contributed by atoms with Crippen molar-refractivity contribution in [1.29, 1.82) is 0 Å². The summed E-state index contributed by atoms with van der Waals surface area (Å²) < 4.78 is 0. The zero-order valence-corrected chi connectivity index (χ0v) is 19.0. The van der Waals surface area contributed by atoms with Gasteiger partial charge in [-0.3, -0.25) is 9.69 Å². The standard InChI is InChI=1S/C19H37N5O.HI/c1-3-17-10-6-9-12-23(17)15-11-21-19(20-4-2)22-16-18(25)24-13-7-5-8-14-24;/h17H,3-16H2,1-2H3,(H2,20,21,22);1H. The summed E-state index contributed by atoms with van der Waals surface area (Å²) in [5.41, 5.74) is 0. The molecule has 2 fully saturated rings. The first-order valence-electron chi connectivity index (χ1n) is 10.3. The van der Waals surface area contributed by atoms with Crippen LogP contribution >= 0.6 is 24.0 Å². The van der Waals surface area contributed by atoms with Gasteiger partial charge in [-0.15, -0.1) is 24.0 Å². The topological polar surface area (TPSA) is 60.0 Å². The highest BCUT2D eigenvalue weighted by Crippen LogP contribution is 2.18. The molecule has 2 N–H and O–H groups in total. The lowest BCUT2D eigenvalue weighted by molar-refractivity contribution is -0.130. The second kappa shape index (κ2) is 13.6. The van der Waals surface area contributed by atoms with Gasteiger partial charge in [-0.2, -0.15) is 0 Å². The van der Waals surface area contributed by atoms with E-state index in [2.05, 4.69) is 34.4 Å². The Balaban J connectivity index is 0.00000338. The fourth-order valence-electron chi connectivity index (χ4n) is 3.87. The molecule has 6 nitrogen and oxygen atoms in total. The zero-order valence-electron chi connectivity index (χ0n) is 16.6. The number of piperidine rings is 2. The summed E-state index contributed by atoms with van der Waals surface area (Å²) in [6.45, 7) is 10.3. The van der Waals surface area contributed by atoms with Crippen LogP contribution in [0.15, 0.2) is 4.99 Å². The molecule has 0 spiro atoms. The fourth-order valence-corrected chi connectivity index (χ4v) is 3.87. The Kier molecular flexibility index (Phi) is 12.3. The molecule has 1 unspecified atom stereocenters. The van der Waals surface area contributed by atoms with Crippen LogP contribution in [0.2, 0.25) is 0 Å². The molecule has 1 amide bonds. The van der Waals surface area contributed by atoms with Crippen LogP contribution in [0.25, 0.3) is 0 Å². The van der Waals surface area contributed by atoms with Gasteiger partial charge in [0.2, 0.25) is 5.91 Å². The molecule has 0 aromatic heterocycles. The molecule has 0 aliphatic carbocycles. The molecular formula is C19H38IN5O. The van der Waals surface area contributed by atoms with E-state index in [9.17, 15) is 4.79 Å². The van der Waals surface area contributed by atoms with Crippen LogP contribution in [-0.2, 0) is 4.79 Å². The average molecular weight is 479 g/mol. The van der Waals surface area contributed by atoms with Gasteiger partial charge in [0.15, 0.2) is 5.96 Å². The molecule has 26 heavy (non-hydrogen) atoms. The van der Waals surface area contributed by atoms with Gasteiger partial charge in [-0.25, -0.2) is 4.99 Å². The number of hydrogen-bond acceptors (Lipinski definition) is 3. The van der Waals surface area contributed by atoms with Crippen molar-refractivity contribution in [2.75, 3.05) is 45.8 Å². The van der Waals surface area contributed by atoms with Crippen molar-refractivity contribution >= 4 is 35.8 Å². The molecule has 0 saturated carbocycles. The Morgan fingerprint density at radius 3 is 2.46 bits per heavy atom. The summed E-state index contributed by atoms with van der Waals surface area (Å²) in [7, 11) is 0. The van der Waals surface area contributed by atoms with E-state index < -0.39 is 0 Å². The van der Waals surface area contributed by atoms with E-state index in [0.717, 1.165) is 57.6 Å². The maximum atomic E-state index is 12.3. The summed E-state index contributed by atoms with van der Waals surface area (Å²) in [6.07, 6.45) is 8.74. The normalized spacial score (nSPS) is 21.8. The Hall–Kier alpha value is -0.570. The highest BCUT2D eigenvalue weighted by molar-refractivity contribution is 14.0. The molecule has 7 heteroatoms. The van der Waals surface area contributed by atoms with Gasteiger partial charge in [0.25, 0.3) is 0 Å². The van der Waals surface area contributed by atoms with Crippen LogP contribution in [0.3, 0.4) is 0 Å². The van der Waals surface area contributed by atoms with E-state index in [4.69, 9.17) is 0 Å². The van der Waals surface area contributed by atoms with E-state index in [1.807, 2.05) is 4.90 Å². The lowest BCUT2D eigenvalue weighted by atomic mass is 10.0. The summed E-state index contributed by atoms with van der Waals surface area (Å²) in [4.78, 5) is 21.3. The van der Waals surface area contributed by atoms with E-state index >= 15 is 0 Å². The fraction of sp³-hybridized carbons (Fsp3) is 0.895. The molecule has 0 bridgehead atoms. The molecule has 1 atom stereocenters. The number of amides is 1. The molecule has 2 rings (SSSR count). The Bertz CT molecular complexity index is 426. The van der Waals surface area contributed by atoms with Crippen LogP contribution in [0.4, 0.5) is 0 Å². The third-order valence-electron chi connectivity index (χ3n) is 5.34. The van der Waals surface area contributed by atoms with Crippen LogP contribution in [0.5, 0.6) is 0 Å². The highest BCUT2D eigenvalue weighted by Gasteiger charge is 2.20. The summed E-state index contributed by atoms with van der Waals surface area (Å²) in [5.74, 6) is 0.914. The van der Waals surface area contributed by atoms with Gasteiger partial charge >= 0.3 is 0 Å². The predicted molar refractivity (Wildman–Crippen MR) is 119 cm³/mol. The minimum atomic E-state index is 0. The van der Waals surface area contributed by atoms with Crippen LogP contribution in [0.1, 0.15) is 58.8 Å². The summed E-state index contributed by atoms with van der Waals surface area (Å²) >= 11 is 0. The van der Waals surface area contributed by atoms with Crippen molar-refractivity contribution in [3.63, 3.8) is 0 Å². The SMILES string of the molecule is CCNC(=NCC(=O)N1CCCCC1)NCCN1CCCCC1CC.I. The second-order valence-electron chi connectivity index (χ2n) is 7.16. The Morgan fingerprint density at radius 1 is 1.04 bits per heavy atom. The molecular weight excluding hydrogens is 441 g/mol. The Labute approximate surface area is 176 Å². The van der Waals surface area contributed by atoms with Crippen LogP contribution in [-0.4, -0.2) is 73.5 Å². The second-order valence-corrected chi connectivity index (χ2v) is 7.16. The third-order valence-corrected chi connectivity index (χ3v) is 5.34. The molecule has 0 radical (unpaired) electrons. The minimum Gasteiger partial charge on any atom is -0.357 e. The molecule has 2 heterocycles. The smallest absolute Gasteiger partial charge is 0.244 e. The van der Waals surface area contributed by atoms with Crippen molar-refractivity contribution in [3.05, 3.63) is 0 Å². The number of nitrogens with zero attached hydrogens (tertiary/aromatic N) is 3. The van der Waals surface area contributed by atoms with Crippen molar-refractivity contribution in [2.24, 2.45) is 4.99 Å². The third kappa shape index (κ3) is 7.98. The van der Waals surface area contributed by atoms with Crippen molar-refractivity contribution in [3.8, 4) is 0 Å². The molecule has 0 aromatic rings. The van der Waals surface area contributed by atoms with Crippen molar-refractivity contribution in [2.45, 2.75) is 64.8 Å². The molecule has 0 aromatic carbocycles. The largest absolute Gasteiger partial charge is 0.357 e. The first-order chi connectivity index (χ1) is 12.2. The molecule has 2 aliphatic heterocycles. The average Bonchev–Trinajstić information content (AvgIpc) is 2.67. The number of nitrogens with one attached hydrogen (secondary N) is 2. The van der Waals surface area contributed by atoms with Gasteiger partial charge in [0.05, 0.1) is 0 Å². The number of carbonyl (C=O) groups excluding carboxylic acids is 1. The Morgan fingerprint density at radius 2 is 1.77 bits per heavy atom. The van der Waals surface area contributed by atoms with Crippen molar-refractivity contribution in [1.82, 2.24) is 20.4 Å². The van der Waals surface area contributed by atoms with Crippen molar-refractivity contribution < 1.29 is 4.79 Å². The highest BCUT2D eigenvalue weighted by atomic mass is 127. The molecule has 2 saturated heterocycles. The predicted octanol–water partition coefficient (Wildman–Crippen LogP) is 2.44. The number of rotatable bonds is 7. The quantitative estimate of drug-likeness (QED) is 0.335. The summed E-state index contributed by atoms with van der Waals surface area (Å²) in [6, 6.07) is 0.732. The van der Waals surface area contributed by atoms with Crippen LogP contribution in [0, 0.1) is 0 Å². The lowest BCUT2D eigenvalue weighted by Gasteiger charge is -2.35. The van der Waals surface area contributed by atoms with E-state index in [1.54, 1.807) is 0 Å². The molecule has 152 valence electrons. The van der Waals surface area contributed by atoms with Gasteiger partial charge < -0.3 is 15.5 Å². The maximum Gasteiger partial charge on any atom is 0.244 e. The monoisotopic (exact) mass is 479 g/mol.